The molecule has 0 fully saturated rings. The summed E-state index contributed by atoms with van der Waals surface area (Å²) >= 11 is 0. The summed E-state index contributed by atoms with van der Waals surface area (Å²) in [6.07, 6.45) is 0.735. The molecule has 0 N–H and O–H groups in total. The molecule has 0 amide bonds. The lowest BCUT2D eigenvalue weighted by molar-refractivity contribution is -0.384. The van der Waals surface area contributed by atoms with Crippen molar-refractivity contribution in [3.63, 3.8) is 0 Å². The van der Waals surface area contributed by atoms with Crippen LogP contribution in [0.3, 0.4) is 0 Å². The van der Waals surface area contributed by atoms with Crippen LogP contribution in [0.25, 0.3) is 5.57 Å². The van der Waals surface area contributed by atoms with Gasteiger partial charge in [-0.15, -0.1) is 0 Å². The predicted octanol–water partition coefficient (Wildman–Crippen LogP) is 2.56. The maximum atomic E-state index is 11.5. The van der Waals surface area contributed by atoms with E-state index in [1.165, 1.54) is 24.3 Å². The van der Waals surface area contributed by atoms with Crippen molar-refractivity contribution in [2.45, 2.75) is 13.3 Å². The fraction of sp³-hybridized carbons (Fsp3) is 0.250. The summed E-state index contributed by atoms with van der Waals surface area (Å²) in [5.41, 5.74) is 0.702. The van der Waals surface area contributed by atoms with E-state index in [0.717, 1.165) is 6.42 Å². The first-order valence-corrected chi connectivity index (χ1v) is 5.17. The lowest BCUT2D eigenvalue weighted by Crippen LogP contribution is -2.07. The van der Waals surface area contributed by atoms with Crippen LogP contribution in [0, 0.1) is 10.1 Å². The van der Waals surface area contributed by atoms with Gasteiger partial charge in [0.25, 0.3) is 5.69 Å². The topological polar surface area (TPSA) is 69.4 Å². The molecule has 0 aliphatic heterocycles. The van der Waals surface area contributed by atoms with Crippen LogP contribution in [0.2, 0.25) is 0 Å². The number of rotatable bonds is 5. The molecule has 17 heavy (non-hydrogen) atoms. The molecule has 1 aromatic carbocycles. The second-order valence-corrected chi connectivity index (χ2v) is 3.42. The Morgan fingerprint density at radius 1 is 1.41 bits per heavy atom. The highest BCUT2D eigenvalue weighted by Gasteiger charge is 2.12. The molecule has 5 nitrogen and oxygen atoms in total. The minimum Gasteiger partial charge on any atom is -0.462 e. The van der Waals surface area contributed by atoms with Gasteiger partial charge >= 0.3 is 5.97 Å². The molecule has 0 aliphatic rings. The van der Waals surface area contributed by atoms with Crippen molar-refractivity contribution in [3.05, 3.63) is 46.5 Å². The third-order valence-corrected chi connectivity index (χ3v) is 2.11. The first-order chi connectivity index (χ1) is 8.06. The zero-order chi connectivity index (χ0) is 12.8. The van der Waals surface area contributed by atoms with E-state index in [1.807, 2.05) is 6.92 Å². The third kappa shape index (κ3) is 3.41. The van der Waals surface area contributed by atoms with E-state index in [4.69, 9.17) is 4.74 Å². The van der Waals surface area contributed by atoms with E-state index in [2.05, 4.69) is 6.58 Å². The molecule has 5 heteroatoms. The molecule has 0 saturated heterocycles. The van der Waals surface area contributed by atoms with Crippen molar-refractivity contribution in [3.8, 4) is 0 Å². The Kier molecular flexibility index (Phi) is 4.39. The smallest absolute Gasteiger partial charge is 0.338 e. The van der Waals surface area contributed by atoms with Gasteiger partial charge in [0.1, 0.15) is 0 Å². The molecule has 0 aromatic heterocycles. The largest absolute Gasteiger partial charge is 0.462 e. The van der Waals surface area contributed by atoms with Crippen LogP contribution in [-0.4, -0.2) is 17.5 Å². The van der Waals surface area contributed by atoms with Crippen LogP contribution in [-0.2, 0) is 9.53 Å². The van der Waals surface area contributed by atoms with Crippen LogP contribution in [0.15, 0.2) is 30.8 Å². The van der Waals surface area contributed by atoms with Gasteiger partial charge in [0, 0.05) is 12.1 Å². The number of esters is 1. The van der Waals surface area contributed by atoms with E-state index in [9.17, 15) is 14.9 Å². The number of ether oxygens (including phenoxy) is 1. The van der Waals surface area contributed by atoms with Gasteiger partial charge in [0.05, 0.1) is 17.1 Å². The highest BCUT2D eigenvalue weighted by Crippen LogP contribution is 2.18. The Morgan fingerprint density at radius 3 is 2.47 bits per heavy atom. The maximum Gasteiger partial charge on any atom is 0.338 e. The Bertz CT molecular complexity index is 436. The summed E-state index contributed by atoms with van der Waals surface area (Å²) in [4.78, 5) is 21.4. The monoisotopic (exact) mass is 235 g/mol. The number of carbonyl (C=O) groups is 1. The highest BCUT2D eigenvalue weighted by molar-refractivity contribution is 6.15. The zero-order valence-electron chi connectivity index (χ0n) is 9.51. The van der Waals surface area contributed by atoms with Gasteiger partial charge in [-0.05, 0) is 24.1 Å². The second-order valence-electron chi connectivity index (χ2n) is 3.42. The summed E-state index contributed by atoms with van der Waals surface area (Å²) in [6, 6.07) is 5.61. The molecule has 0 unspecified atom stereocenters. The quantitative estimate of drug-likeness (QED) is 0.340. The van der Waals surface area contributed by atoms with E-state index >= 15 is 0 Å². The van der Waals surface area contributed by atoms with Crippen molar-refractivity contribution < 1.29 is 14.5 Å². The SMILES string of the molecule is C=C(C(=O)OCCC)c1ccc([N+](=O)[O-])cc1. The number of hydrogen-bond acceptors (Lipinski definition) is 4. The van der Waals surface area contributed by atoms with Crippen molar-refractivity contribution >= 4 is 17.2 Å². The third-order valence-electron chi connectivity index (χ3n) is 2.11. The summed E-state index contributed by atoms with van der Waals surface area (Å²) in [5.74, 6) is -0.499. The number of nitrogens with zero attached hydrogens (tertiary/aromatic N) is 1. The molecule has 0 heterocycles. The Morgan fingerprint density at radius 2 is 2.00 bits per heavy atom. The fourth-order valence-electron chi connectivity index (χ4n) is 1.18. The first-order valence-electron chi connectivity index (χ1n) is 5.17. The van der Waals surface area contributed by atoms with Gasteiger partial charge in [0.2, 0.25) is 0 Å². The van der Waals surface area contributed by atoms with Crippen molar-refractivity contribution in [2.75, 3.05) is 6.61 Å². The van der Waals surface area contributed by atoms with Crippen molar-refractivity contribution in [1.82, 2.24) is 0 Å². The van der Waals surface area contributed by atoms with Crippen LogP contribution in [0.4, 0.5) is 5.69 Å². The number of nitro benzene ring substituents is 1. The molecule has 1 rings (SSSR count). The zero-order valence-corrected chi connectivity index (χ0v) is 9.51. The van der Waals surface area contributed by atoms with Gasteiger partial charge in [0.15, 0.2) is 0 Å². The summed E-state index contributed by atoms with van der Waals surface area (Å²) in [7, 11) is 0. The summed E-state index contributed by atoms with van der Waals surface area (Å²) < 4.78 is 4.91. The van der Waals surface area contributed by atoms with Gasteiger partial charge in [-0.1, -0.05) is 13.5 Å². The van der Waals surface area contributed by atoms with Crippen LogP contribution in [0.5, 0.6) is 0 Å². The molecule has 0 radical (unpaired) electrons. The molecule has 0 spiro atoms. The normalized spacial score (nSPS) is 9.71. The highest BCUT2D eigenvalue weighted by atomic mass is 16.6. The molecule has 1 aromatic rings. The number of hydrogen-bond donors (Lipinski definition) is 0. The lowest BCUT2D eigenvalue weighted by Gasteiger charge is -2.05. The summed E-state index contributed by atoms with van der Waals surface area (Å²) in [6.45, 7) is 5.84. The lowest BCUT2D eigenvalue weighted by atomic mass is 10.1. The van der Waals surface area contributed by atoms with Crippen LogP contribution < -0.4 is 0 Å². The number of carbonyl (C=O) groups excluding carboxylic acids is 1. The van der Waals surface area contributed by atoms with Gasteiger partial charge in [-0.2, -0.15) is 0 Å². The minimum atomic E-state index is -0.499. The molecular weight excluding hydrogens is 222 g/mol. The predicted molar refractivity (Wildman–Crippen MR) is 63.4 cm³/mol. The second kappa shape index (κ2) is 5.79. The number of nitro groups is 1. The van der Waals surface area contributed by atoms with E-state index in [0.29, 0.717) is 12.2 Å². The molecule has 0 atom stereocenters. The Labute approximate surface area is 98.9 Å². The summed E-state index contributed by atoms with van der Waals surface area (Å²) in [5, 5.41) is 10.4. The molecular formula is C12H13NO4. The average Bonchev–Trinajstić information content (AvgIpc) is 2.35. The first kappa shape index (κ1) is 12.9. The molecule has 0 saturated carbocycles. The maximum absolute atomic E-state index is 11.5. The van der Waals surface area contributed by atoms with Crippen molar-refractivity contribution in [1.29, 1.82) is 0 Å². The van der Waals surface area contributed by atoms with E-state index < -0.39 is 10.9 Å². The van der Waals surface area contributed by atoms with Gasteiger partial charge < -0.3 is 4.74 Å². The molecule has 0 bridgehead atoms. The van der Waals surface area contributed by atoms with Gasteiger partial charge in [-0.25, -0.2) is 4.79 Å². The van der Waals surface area contributed by atoms with Crippen molar-refractivity contribution in [2.24, 2.45) is 0 Å². The molecule has 90 valence electrons. The average molecular weight is 235 g/mol. The Balaban J connectivity index is 2.76. The van der Waals surface area contributed by atoms with Crippen LogP contribution in [0.1, 0.15) is 18.9 Å². The van der Waals surface area contributed by atoms with Gasteiger partial charge in [-0.3, -0.25) is 10.1 Å². The van der Waals surface area contributed by atoms with Crippen LogP contribution >= 0.6 is 0 Å². The standard InChI is InChI=1S/C12H13NO4/c1-3-8-17-12(14)9(2)10-4-6-11(7-5-10)13(15)16/h4-7H,2-3,8H2,1H3. The molecule has 0 aliphatic carbocycles. The Hall–Kier alpha value is -2.17. The van der Waals surface area contributed by atoms with E-state index in [1.54, 1.807) is 0 Å². The minimum absolute atomic E-state index is 0.0246. The number of non-ortho nitro benzene ring substituents is 1. The number of benzene rings is 1. The fourth-order valence-corrected chi connectivity index (χ4v) is 1.18. The van der Waals surface area contributed by atoms with E-state index in [-0.39, 0.29) is 11.3 Å².